The van der Waals surface area contributed by atoms with Gasteiger partial charge < -0.3 is 5.32 Å². The Balaban J connectivity index is 1.85. The lowest BCUT2D eigenvalue weighted by molar-refractivity contribution is -0.126. The van der Waals surface area contributed by atoms with Gasteiger partial charge in [-0.2, -0.15) is 13.1 Å². The Hall–Kier alpha value is -2.36. The number of carbonyl (C=O) groups is 1. The van der Waals surface area contributed by atoms with Gasteiger partial charge in [0.05, 0.1) is 11.7 Å². The lowest BCUT2D eigenvalue weighted by Crippen LogP contribution is -2.52. The summed E-state index contributed by atoms with van der Waals surface area (Å²) in [4.78, 5) is 12.5. The number of nitrogens with one attached hydrogen (secondary N) is 1. The second kappa shape index (κ2) is 6.17. The first-order valence-electron chi connectivity index (χ1n) is 7.65. The van der Waals surface area contributed by atoms with Crippen molar-refractivity contribution in [1.29, 1.82) is 0 Å². The Bertz CT molecular complexity index is 1030. The zero-order valence-corrected chi connectivity index (χ0v) is 14.6. The summed E-state index contributed by atoms with van der Waals surface area (Å²) >= 11 is 0.965. The Labute approximate surface area is 148 Å². The first-order valence-corrected chi connectivity index (χ1v) is 9.82. The van der Waals surface area contributed by atoms with Crippen LogP contribution in [0, 0.1) is 0 Å². The van der Waals surface area contributed by atoms with E-state index in [1.165, 1.54) is 10.4 Å². The van der Waals surface area contributed by atoms with Crippen molar-refractivity contribution in [3.63, 3.8) is 0 Å². The van der Waals surface area contributed by atoms with Crippen molar-refractivity contribution in [2.24, 2.45) is 0 Å². The molecule has 128 valence electrons. The maximum Gasteiger partial charge on any atom is 0.246 e. The van der Waals surface area contributed by atoms with E-state index in [9.17, 15) is 13.2 Å². The lowest BCUT2D eigenvalue weighted by Gasteiger charge is -2.34. The van der Waals surface area contributed by atoms with Crippen molar-refractivity contribution in [1.82, 2.24) is 18.4 Å². The summed E-state index contributed by atoms with van der Waals surface area (Å²) in [5, 5.41) is 2.75. The van der Waals surface area contributed by atoms with E-state index in [2.05, 4.69) is 14.1 Å². The fraction of sp³-hybridized carbons (Fsp3) is 0.188. The number of fused-ring (bicyclic) bond motifs is 1. The number of hydrogen-bond acceptors (Lipinski definition) is 6. The summed E-state index contributed by atoms with van der Waals surface area (Å²) in [7, 11) is -3.91. The summed E-state index contributed by atoms with van der Waals surface area (Å²) in [6.07, 6.45) is 0. The second-order valence-electron chi connectivity index (χ2n) is 5.61. The fourth-order valence-corrected chi connectivity index (χ4v) is 5.31. The number of aromatic nitrogens is 2. The minimum atomic E-state index is -3.91. The number of sulfonamides is 1. The molecule has 2 aromatic carbocycles. The van der Waals surface area contributed by atoms with Crippen LogP contribution < -0.4 is 5.32 Å². The molecule has 0 radical (unpaired) electrons. The van der Waals surface area contributed by atoms with E-state index < -0.39 is 16.1 Å². The van der Waals surface area contributed by atoms with E-state index in [1.807, 2.05) is 6.07 Å². The summed E-state index contributed by atoms with van der Waals surface area (Å²) in [6, 6.07) is 12.9. The zero-order valence-electron chi connectivity index (χ0n) is 13.0. The third-order valence-corrected chi connectivity index (χ3v) is 6.56. The second-order valence-corrected chi connectivity index (χ2v) is 8.00. The number of benzene rings is 2. The van der Waals surface area contributed by atoms with E-state index in [0.29, 0.717) is 16.6 Å². The van der Waals surface area contributed by atoms with Gasteiger partial charge in [0.2, 0.25) is 15.9 Å². The molecule has 0 bridgehead atoms. The molecule has 1 saturated heterocycles. The third kappa shape index (κ3) is 2.70. The highest BCUT2D eigenvalue weighted by molar-refractivity contribution is 7.89. The average molecular weight is 374 g/mol. The number of carbonyl (C=O) groups excluding carboxylic acids is 1. The van der Waals surface area contributed by atoms with Gasteiger partial charge in [-0.15, -0.1) is 0 Å². The minimum Gasteiger partial charge on any atom is -0.353 e. The fourth-order valence-electron chi connectivity index (χ4n) is 2.97. The molecule has 1 atom stereocenters. The maximum absolute atomic E-state index is 13.3. The van der Waals surface area contributed by atoms with Crippen LogP contribution in [0.15, 0.2) is 53.4 Å². The standard InChI is InChI=1S/C16H14N4O3S2/c21-16-15(11-5-2-1-3-6-11)20(10-9-17-16)25(22,23)13-8-4-7-12-14(13)19-24-18-12/h1-8,15H,9-10H2,(H,17,21). The molecule has 4 rings (SSSR count). The van der Waals surface area contributed by atoms with Crippen molar-refractivity contribution < 1.29 is 13.2 Å². The number of nitrogens with zero attached hydrogens (tertiary/aromatic N) is 3. The van der Waals surface area contributed by atoms with Gasteiger partial charge in [0, 0.05) is 13.1 Å². The predicted octanol–water partition coefficient (Wildman–Crippen LogP) is 1.55. The molecule has 0 spiro atoms. The molecular weight excluding hydrogens is 360 g/mol. The highest BCUT2D eigenvalue weighted by atomic mass is 32.2. The lowest BCUT2D eigenvalue weighted by atomic mass is 10.1. The topological polar surface area (TPSA) is 92.3 Å². The maximum atomic E-state index is 13.3. The van der Waals surface area contributed by atoms with Gasteiger partial charge in [-0.25, -0.2) is 8.42 Å². The molecule has 1 aromatic heterocycles. The molecule has 1 unspecified atom stereocenters. The van der Waals surface area contributed by atoms with E-state index in [4.69, 9.17) is 0 Å². The molecule has 1 aliphatic heterocycles. The molecule has 7 nitrogen and oxygen atoms in total. The van der Waals surface area contributed by atoms with Crippen LogP contribution in [0.1, 0.15) is 11.6 Å². The number of hydrogen-bond donors (Lipinski definition) is 1. The molecule has 0 aliphatic carbocycles. The van der Waals surface area contributed by atoms with E-state index in [1.54, 1.807) is 36.4 Å². The highest BCUT2D eigenvalue weighted by Gasteiger charge is 2.40. The molecular formula is C16H14N4O3S2. The molecule has 1 amide bonds. The minimum absolute atomic E-state index is 0.0781. The van der Waals surface area contributed by atoms with Crippen LogP contribution in [0.25, 0.3) is 11.0 Å². The predicted molar refractivity (Wildman–Crippen MR) is 93.5 cm³/mol. The van der Waals surface area contributed by atoms with Gasteiger partial charge in [-0.1, -0.05) is 36.4 Å². The van der Waals surface area contributed by atoms with E-state index in [0.717, 1.165) is 11.7 Å². The van der Waals surface area contributed by atoms with Crippen molar-refractivity contribution >= 4 is 38.7 Å². The van der Waals surface area contributed by atoms with Gasteiger partial charge in [0.25, 0.3) is 0 Å². The number of rotatable bonds is 3. The van der Waals surface area contributed by atoms with Gasteiger partial charge in [-0.3, -0.25) is 4.79 Å². The van der Waals surface area contributed by atoms with Gasteiger partial charge in [-0.05, 0) is 17.7 Å². The number of piperazine rings is 1. The van der Waals surface area contributed by atoms with Gasteiger partial charge in [0.1, 0.15) is 22.0 Å². The smallest absolute Gasteiger partial charge is 0.246 e. The van der Waals surface area contributed by atoms with Crippen molar-refractivity contribution in [3.8, 4) is 0 Å². The summed E-state index contributed by atoms with van der Waals surface area (Å²) in [5.41, 5.74) is 1.50. The molecule has 1 fully saturated rings. The van der Waals surface area contributed by atoms with Gasteiger partial charge >= 0.3 is 0 Å². The monoisotopic (exact) mass is 374 g/mol. The molecule has 1 aliphatic rings. The summed E-state index contributed by atoms with van der Waals surface area (Å²) in [5.74, 6) is -0.329. The Kier molecular flexibility index (Phi) is 3.98. The quantitative estimate of drug-likeness (QED) is 0.751. The zero-order chi connectivity index (χ0) is 17.4. The van der Waals surface area contributed by atoms with E-state index in [-0.39, 0.29) is 23.9 Å². The molecule has 9 heteroatoms. The van der Waals surface area contributed by atoms with Crippen molar-refractivity contribution in [2.75, 3.05) is 13.1 Å². The molecule has 1 N–H and O–H groups in total. The van der Waals surface area contributed by atoms with Gasteiger partial charge in [0.15, 0.2) is 0 Å². The Morgan fingerprint density at radius 2 is 1.88 bits per heavy atom. The SMILES string of the molecule is O=C1NCCN(S(=O)(=O)c2cccc3nsnc23)C1c1ccccc1. The van der Waals surface area contributed by atoms with Crippen LogP contribution in [0.5, 0.6) is 0 Å². The first-order chi connectivity index (χ1) is 12.1. The molecule has 25 heavy (non-hydrogen) atoms. The Morgan fingerprint density at radius 1 is 1.08 bits per heavy atom. The Morgan fingerprint density at radius 3 is 2.68 bits per heavy atom. The van der Waals surface area contributed by atoms with Crippen LogP contribution in [0.3, 0.4) is 0 Å². The third-order valence-electron chi connectivity index (χ3n) is 4.12. The van der Waals surface area contributed by atoms with Crippen LogP contribution >= 0.6 is 11.7 Å². The molecule has 0 saturated carbocycles. The molecule has 3 aromatic rings. The molecule has 2 heterocycles. The van der Waals surface area contributed by atoms with Crippen LogP contribution in [-0.2, 0) is 14.8 Å². The number of amides is 1. The van der Waals surface area contributed by atoms with Crippen LogP contribution in [0.4, 0.5) is 0 Å². The van der Waals surface area contributed by atoms with Crippen LogP contribution in [-0.4, -0.2) is 40.5 Å². The van der Waals surface area contributed by atoms with Crippen molar-refractivity contribution in [3.05, 3.63) is 54.1 Å². The average Bonchev–Trinajstić information content (AvgIpc) is 3.10. The van der Waals surface area contributed by atoms with Crippen LogP contribution in [0.2, 0.25) is 0 Å². The van der Waals surface area contributed by atoms with E-state index >= 15 is 0 Å². The highest BCUT2D eigenvalue weighted by Crippen LogP contribution is 2.32. The first kappa shape index (κ1) is 16.1. The summed E-state index contributed by atoms with van der Waals surface area (Å²) < 4.78 is 36.1. The summed E-state index contributed by atoms with van der Waals surface area (Å²) in [6.45, 7) is 0.467. The largest absolute Gasteiger partial charge is 0.353 e. The normalized spacial score (nSPS) is 19.0. The van der Waals surface area contributed by atoms with Crippen molar-refractivity contribution in [2.45, 2.75) is 10.9 Å².